The molecule has 0 saturated heterocycles. The fraction of sp³-hybridized carbons (Fsp3) is 0.182. The topological polar surface area (TPSA) is 46.2 Å². The largest absolute Gasteiger partial charge is 0.358 e. The van der Waals surface area contributed by atoms with Crippen molar-refractivity contribution < 1.29 is 9.59 Å². The van der Waals surface area contributed by atoms with Crippen LogP contribution in [-0.2, 0) is 4.79 Å². The molecule has 1 unspecified atom stereocenters. The van der Waals surface area contributed by atoms with E-state index in [1.807, 2.05) is 68.4 Å². The molecule has 1 N–H and O–H groups in total. The van der Waals surface area contributed by atoms with Gasteiger partial charge in [0.1, 0.15) is 0 Å². The summed E-state index contributed by atoms with van der Waals surface area (Å²) in [4.78, 5) is 26.1. The molecule has 0 radical (unpaired) electrons. The second-order valence-electron chi connectivity index (χ2n) is 6.39. The molecule has 0 fully saturated rings. The van der Waals surface area contributed by atoms with Crippen LogP contribution in [0.2, 0.25) is 0 Å². The van der Waals surface area contributed by atoms with E-state index in [-0.39, 0.29) is 16.8 Å². The van der Waals surface area contributed by atoms with Crippen molar-refractivity contribution in [1.82, 2.24) is 5.32 Å². The minimum Gasteiger partial charge on any atom is -0.358 e. The molecule has 0 spiro atoms. The fourth-order valence-electron chi connectivity index (χ4n) is 3.79. The third-order valence-electron chi connectivity index (χ3n) is 4.88. The first-order valence-corrected chi connectivity index (χ1v) is 9.70. The van der Waals surface area contributed by atoms with Crippen LogP contribution in [0.5, 0.6) is 0 Å². The summed E-state index contributed by atoms with van der Waals surface area (Å²) >= 11 is 1.29. The number of benzene rings is 2. The van der Waals surface area contributed by atoms with Crippen LogP contribution in [0.25, 0.3) is 5.70 Å². The highest BCUT2D eigenvalue weighted by molar-refractivity contribution is 8.14. The first-order chi connectivity index (χ1) is 12.6. The van der Waals surface area contributed by atoms with Gasteiger partial charge in [-0.25, -0.2) is 0 Å². The molecule has 3 nitrogen and oxygen atoms in total. The number of nitrogens with one attached hydrogen (secondary N) is 1. The van der Waals surface area contributed by atoms with Gasteiger partial charge in [0.25, 0.3) is 0 Å². The van der Waals surface area contributed by atoms with E-state index < -0.39 is 0 Å². The quantitative estimate of drug-likeness (QED) is 0.872. The van der Waals surface area contributed by atoms with Gasteiger partial charge < -0.3 is 5.32 Å². The molecule has 130 valence electrons. The lowest BCUT2D eigenvalue weighted by atomic mass is 9.80. The Balaban J connectivity index is 1.93. The number of fused-ring (bicyclic) bond motifs is 2. The number of carbonyl (C=O) groups is 2. The van der Waals surface area contributed by atoms with Crippen LogP contribution in [0.1, 0.15) is 41.3 Å². The van der Waals surface area contributed by atoms with E-state index in [0.29, 0.717) is 22.5 Å². The molecule has 0 saturated carbocycles. The second-order valence-corrected chi connectivity index (χ2v) is 7.63. The molecule has 0 bridgehead atoms. The van der Waals surface area contributed by atoms with Crippen LogP contribution < -0.4 is 5.32 Å². The number of hydrogen-bond acceptors (Lipinski definition) is 4. The summed E-state index contributed by atoms with van der Waals surface area (Å²) in [6.45, 7) is 3.89. The molecule has 1 atom stereocenters. The van der Waals surface area contributed by atoms with Crippen LogP contribution in [-0.4, -0.2) is 16.7 Å². The minimum atomic E-state index is -0.334. The number of ketones is 1. The lowest BCUT2D eigenvalue weighted by molar-refractivity contribution is -0.108. The zero-order valence-corrected chi connectivity index (χ0v) is 15.5. The summed E-state index contributed by atoms with van der Waals surface area (Å²) in [5, 5.41) is 3.39. The summed E-state index contributed by atoms with van der Waals surface area (Å²) in [6.07, 6.45) is 0. The van der Waals surface area contributed by atoms with E-state index in [1.54, 1.807) is 0 Å². The number of hydrogen-bond donors (Lipinski definition) is 1. The Bertz CT molecular complexity index is 973. The minimum absolute atomic E-state index is 0.0104. The predicted molar refractivity (Wildman–Crippen MR) is 106 cm³/mol. The average Bonchev–Trinajstić information content (AvgIpc) is 2.94. The van der Waals surface area contributed by atoms with Crippen LogP contribution in [0.15, 0.2) is 71.4 Å². The summed E-state index contributed by atoms with van der Waals surface area (Å²) < 4.78 is 0. The van der Waals surface area contributed by atoms with Gasteiger partial charge in [0.05, 0.1) is 5.70 Å². The van der Waals surface area contributed by atoms with E-state index in [4.69, 9.17) is 0 Å². The van der Waals surface area contributed by atoms with Gasteiger partial charge in [-0.3, -0.25) is 9.59 Å². The molecule has 2 aliphatic rings. The van der Waals surface area contributed by atoms with Crippen molar-refractivity contribution in [3.05, 3.63) is 88.1 Å². The smallest absolute Gasteiger partial charge is 0.218 e. The summed E-state index contributed by atoms with van der Waals surface area (Å²) in [5.74, 6) is 0.382. The van der Waals surface area contributed by atoms with Gasteiger partial charge in [-0.05, 0) is 18.2 Å². The van der Waals surface area contributed by atoms with Crippen LogP contribution in [0.3, 0.4) is 0 Å². The molecule has 1 heterocycles. The Hall–Kier alpha value is -2.59. The van der Waals surface area contributed by atoms with E-state index in [9.17, 15) is 9.59 Å². The molecule has 0 amide bonds. The Labute approximate surface area is 157 Å². The monoisotopic (exact) mass is 361 g/mol. The van der Waals surface area contributed by atoms with Gasteiger partial charge in [0.15, 0.2) is 5.78 Å². The number of thioether (sulfide) groups is 1. The summed E-state index contributed by atoms with van der Waals surface area (Å²) in [7, 11) is 0. The van der Waals surface area contributed by atoms with Gasteiger partial charge >= 0.3 is 0 Å². The molecule has 0 aromatic heterocycles. The maximum absolute atomic E-state index is 13.2. The first kappa shape index (κ1) is 16.9. The third kappa shape index (κ3) is 2.53. The predicted octanol–water partition coefficient (Wildman–Crippen LogP) is 4.53. The number of allylic oxidation sites excluding steroid dienone is 2. The molecule has 1 aliphatic heterocycles. The Morgan fingerprint density at radius 1 is 1.04 bits per heavy atom. The SMILES string of the molecule is CCSC(=O)C1=C(C)NC2=C(C(=O)c3ccccc32)C1c1ccccc1. The molecular weight excluding hydrogens is 342 g/mol. The highest BCUT2D eigenvalue weighted by atomic mass is 32.2. The Morgan fingerprint density at radius 2 is 1.69 bits per heavy atom. The maximum Gasteiger partial charge on any atom is 0.218 e. The Morgan fingerprint density at radius 3 is 2.38 bits per heavy atom. The van der Waals surface area contributed by atoms with Crippen molar-refractivity contribution in [2.24, 2.45) is 0 Å². The molecule has 4 heteroatoms. The normalized spacial score (nSPS) is 18.5. The molecular formula is C22H19NO2S. The van der Waals surface area contributed by atoms with Crippen LogP contribution >= 0.6 is 11.8 Å². The Kier molecular flexibility index (Phi) is 4.29. The van der Waals surface area contributed by atoms with Crippen molar-refractivity contribution in [2.45, 2.75) is 19.8 Å². The number of Topliss-reactive ketones (excluding diaryl/α,β-unsaturated/α-hetero) is 1. The van der Waals surface area contributed by atoms with Crippen molar-refractivity contribution >= 4 is 28.4 Å². The zero-order valence-electron chi connectivity index (χ0n) is 14.7. The third-order valence-corrected chi connectivity index (χ3v) is 5.65. The van der Waals surface area contributed by atoms with Gasteiger partial charge in [-0.1, -0.05) is 73.3 Å². The second kappa shape index (κ2) is 6.61. The van der Waals surface area contributed by atoms with Gasteiger partial charge in [0.2, 0.25) is 5.12 Å². The average molecular weight is 361 g/mol. The number of dihydropyridines is 1. The van der Waals surface area contributed by atoms with Crippen molar-refractivity contribution in [3.63, 3.8) is 0 Å². The lowest BCUT2D eigenvalue weighted by Gasteiger charge is -2.29. The molecule has 2 aromatic rings. The van der Waals surface area contributed by atoms with Gasteiger partial charge in [-0.2, -0.15) is 0 Å². The molecule has 2 aromatic carbocycles. The molecule has 1 aliphatic carbocycles. The van der Waals surface area contributed by atoms with E-state index >= 15 is 0 Å². The lowest BCUT2D eigenvalue weighted by Crippen LogP contribution is -2.27. The summed E-state index contributed by atoms with van der Waals surface area (Å²) in [5.41, 5.74) is 5.63. The standard InChI is InChI=1S/C22H19NO2S/c1-3-26-22(25)17-13(2)23-20-15-11-7-8-12-16(15)21(24)19(20)18(17)14-9-5-4-6-10-14/h4-12,18,23H,3H2,1-2H3. The van der Waals surface area contributed by atoms with Crippen molar-refractivity contribution in [3.8, 4) is 0 Å². The van der Waals surface area contributed by atoms with Crippen LogP contribution in [0.4, 0.5) is 0 Å². The zero-order chi connectivity index (χ0) is 18.3. The van der Waals surface area contributed by atoms with Gasteiger partial charge in [0, 0.05) is 33.9 Å². The fourth-order valence-corrected chi connectivity index (χ4v) is 4.48. The maximum atomic E-state index is 13.2. The van der Waals surface area contributed by atoms with Crippen molar-refractivity contribution in [1.29, 1.82) is 0 Å². The number of carbonyl (C=O) groups excluding carboxylic acids is 2. The summed E-state index contributed by atoms with van der Waals surface area (Å²) in [6, 6.07) is 17.5. The van der Waals surface area contributed by atoms with Crippen molar-refractivity contribution in [2.75, 3.05) is 5.75 Å². The highest BCUT2D eigenvalue weighted by Gasteiger charge is 2.42. The molecule has 4 rings (SSSR count). The van der Waals surface area contributed by atoms with Gasteiger partial charge in [-0.15, -0.1) is 0 Å². The molecule has 26 heavy (non-hydrogen) atoms. The van der Waals surface area contributed by atoms with Crippen LogP contribution in [0, 0.1) is 0 Å². The first-order valence-electron chi connectivity index (χ1n) is 8.71. The van der Waals surface area contributed by atoms with E-state index in [2.05, 4.69) is 5.32 Å². The van der Waals surface area contributed by atoms with E-state index in [1.165, 1.54) is 11.8 Å². The number of rotatable bonds is 3. The van der Waals surface area contributed by atoms with E-state index in [0.717, 1.165) is 22.5 Å². The highest BCUT2D eigenvalue weighted by Crippen LogP contribution is 2.47.